The van der Waals surface area contributed by atoms with E-state index in [0.29, 0.717) is 0 Å². The molecule has 0 aromatic heterocycles. The molecule has 3 aliphatic rings. The van der Waals surface area contributed by atoms with E-state index in [1.165, 1.54) is 38.5 Å². The van der Waals surface area contributed by atoms with Gasteiger partial charge in [0.1, 0.15) is 0 Å². The monoisotopic (exact) mass is 236 g/mol. The van der Waals surface area contributed by atoms with Crippen LogP contribution < -0.4 is 0 Å². The van der Waals surface area contributed by atoms with E-state index in [2.05, 4.69) is 30.4 Å². The highest BCUT2D eigenvalue weighted by Crippen LogP contribution is 2.51. The van der Waals surface area contributed by atoms with Crippen molar-refractivity contribution in [2.45, 2.75) is 50.9 Å². The molecule has 0 saturated heterocycles. The third-order valence-electron chi connectivity index (χ3n) is 4.93. The van der Waals surface area contributed by atoms with Crippen LogP contribution in [0.3, 0.4) is 0 Å². The van der Waals surface area contributed by atoms with E-state index in [9.17, 15) is 0 Å². The summed E-state index contributed by atoms with van der Waals surface area (Å²) in [5.74, 6) is 0.761. The van der Waals surface area contributed by atoms with Crippen molar-refractivity contribution in [3.8, 4) is 0 Å². The topological polar surface area (TPSA) is 0 Å². The maximum absolute atomic E-state index is 2.39. The summed E-state index contributed by atoms with van der Waals surface area (Å²) in [6.45, 7) is 0. The van der Waals surface area contributed by atoms with Gasteiger partial charge >= 0.3 is 0 Å². The van der Waals surface area contributed by atoms with Crippen molar-refractivity contribution in [2.24, 2.45) is 0 Å². The summed E-state index contributed by atoms with van der Waals surface area (Å²) >= 11 is 0. The standard InChI is InChI=1S/C18H20/c1-2-7-13-8-6-12-17-15-10-5-4-9-14(15)16(11-3-1)18(13)17/h1-2,6,8,12,16H,3-5,7,9-11H2. The second kappa shape index (κ2) is 4.12. The molecule has 0 radical (unpaired) electrons. The summed E-state index contributed by atoms with van der Waals surface area (Å²) in [5.41, 5.74) is 8.43. The molecular weight excluding hydrogens is 216 g/mol. The lowest BCUT2D eigenvalue weighted by Gasteiger charge is -2.21. The van der Waals surface area contributed by atoms with Crippen molar-refractivity contribution in [1.82, 2.24) is 0 Å². The van der Waals surface area contributed by atoms with E-state index >= 15 is 0 Å². The second-order valence-corrected chi connectivity index (χ2v) is 5.89. The molecule has 0 amide bonds. The van der Waals surface area contributed by atoms with Gasteiger partial charge in [0.2, 0.25) is 0 Å². The SMILES string of the molecule is C1=CCc2cccc3c2C(CC1)C1=C3CCCC1. The van der Waals surface area contributed by atoms with Crippen LogP contribution >= 0.6 is 0 Å². The molecule has 0 fully saturated rings. The van der Waals surface area contributed by atoms with Crippen LogP contribution in [-0.4, -0.2) is 0 Å². The molecule has 1 unspecified atom stereocenters. The Hall–Kier alpha value is -1.30. The fourth-order valence-corrected chi connectivity index (χ4v) is 4.17. The summed E-state index contributed by atoms with van der Waals surface area (Å²) in [4.78, 5) is 0. The van der Waals surface area contributed by atoms with E-state index in [-0.39, 0.29) is 0 Å². The summed E-state index contributed by atoms with van der Waals surface area (Å²) in [6.07, 6.45) is 14.0. The molecule has 3 aliphatic carbocycles. The zero-order chi connectivity index (χ0) is 11.9. The van der Waals surface area contributed by atoms with Crippen LogP contribution in [-0.2, 0) is 6.42 Å². The number of hydrogen-bond donors (Lipinski definition) is 0. The predicted octanol–water partition coefficient (Wildman–Crippen LogP) is 5.00. The highest BCUT2D eigenvalue weighted by atomic mass is 14.4. The number of rotatable bonds is 0. The quantitative estimate of drug-likeness (QED) is 0.556. The second-order valence-electron chi connectivity index (χ2n) is 5.89. The van der Waals surface area contributed by atoms with Crippen LogP contribution in [0, 0.1) is 0 Å². The highest BCUT2D eigenvalue weighted by molar-refractivity contribution is 5.80. The minimum Gasteiger partial charge on any atom is -0.0882 e. The smallest absolute Gasteiger partial charge is 0.00660 e. The largest absolute Gasteiger partial charge is 0.0882 e. The first-order valence-electron chi connectivity index (χ1n) is 7.44. The van der Waals surface area contributed by atoms with Gasteiger partial charge in [-0.15, -0.1) is 0 Å². The molecule has 0 N–H and O–H groups in total. The molecule has 92 valence electrons. The van der Waals surface area contributed by atoms with Gasteiger partial charge in [0.15, 0.2) is 0 Å². The zero-order valence-corrected chi connectivity index (χ0v) is 10.9. The summed E-state index contributed by atoms with van der Waals surface area (Å²) in [7, 11) is 0. The van der Waals surface area contributed by atoms with Crippen molar-refractivity contribution in [1.29, 1.82) is 0 Å². The minimum absolute atomic E-state index is 0.761. The molecule has 0 heteroatoms. The Kier molecular flexibility index (Phi) is 2.43. The Morgan fingerprint density at radius 3 is 2.94 bits per heavy atom. The van der Waals surface area contributed by atoms with Crippen LogP contribution in [0.1, 0.15) is 61.1 Å². The summed E-state index contributed by atoms with van der Waals surface area (Å²) in [6, 6.07) is 7.00. The van der Waals surface area contributed by atoms with Gasteiger partial charge in [0, 0.05) is 5.92 Å². The molecule has 0 saturated carbocycles. The summed E-state index contributed by atoms with van der Waals surface area (Å²) in [5, 5.41) is 0. The Balaban J connectivity index is 1.92. The number of allylic oxidation sites excluding steroid dienone is 4. The lowest BCUT2D eigenvalue weighted by Crippen LogP contribution is -2.05. The molecule has 1 aromatic rings. The van der Waals surface area contributed by atoms with Crippen LogP contribution in [0.4, 0.5) is 0 Å². The lowest BCUT2D eigenvalue weighted by molar-refractivity contribution is 0.635. The van der Waals surface area contributed by atoms with Crippen molar-refractivity contribution in [3.05, 3.63) is 52.6 Å². The molecule has 1 atom stereocenters. The van der Waals surface area contributed by atoms with Crippen LogP contribution in [0.25, 0.3) is 5.57 Å². The number of fused-ring (bicyclic) bond motifs is 2. The van der Waals surface area contributed by atoms with Crippen molar-refractivity contribution < 1.29 is 0 Å². The van der Waals surface area contributed by atoms with E-state index in [0.717, 1.165) is 12.3 Å². The molecule has 0 heterocycles. The van der Waals surface area contributed by atoms with E-state index in [1.54, 1.807) is 27.8 Å². The van der Waals surface area contributed by atoms with E-state index in [1.807, 2.05) is 0 Å². The predicted molar refractivity (Wildman–Crippen MR) is 76.6 cm³/mol. The first-order chi connectivity index (χ1) is 8.95. The fraction of sp³-hybridized carbons (Fsp3) is 0.444. The Labute approximate surface area is 109 Å². The van der Waals surface area contributed by atoms with Gasteiger partial charge in [0.25, 0.3) is 0 Å². The van der Waals surface area contributed by atoms with Crippen molar-refractivity contribution >= 4 is 5.57 Å². The molecular formula is C18H20. The maximum Gasteiger partial charge on any atom is 0.00660 e. The van der Waals surface area contributed by atoms with Gasteiger partial charge in [-0.25, -0.2) is 0 Å². The molecule has 0 aliphatic heterocycles. The van der Waals surface area contributed by atoms with Gasteiger partial charge in [-0.3, -0.25) is 0 Å². The minimum atomic E-state index is 0.761. The normalized spacial score (nSPS) is 25.4. The zero-order valence-electron chi connectivity index (χ0n) is 10.9. The molecule has 18 heavy (non-hydrogen) atoms. The highest BCUT2D eigenvalue weighted by Gasteiger charge is 2.33. The van der Waals surface area contributed by atoms with Crippen molar-refractivity contribution in [2.75, 3.05) is 0 Å². The first kappa shape index (κ1) is 10.6. The van der Waals surface area contributed by atoms with Gasteiger partial charge in [-0.05, 0) is 67.2 Å². The van der Waals surface area contributed by atoms with Gasteiger partial charge in [-0.2, -0.15) is 0 Å². The van der Waals surface area contributed by atoms with Gasteiger partial charge in [-0.1, -0.05) is 35.9 Å². The van der Waals surface area contributed by atoms with Gasteiger partial charge < -0.3 is 0 Å². The Morgan fingerprint density at radius 2 is 1.94 bits per heavy atom. The molecule has 1 aromatic carbocycles. The lowest BCUT2D eigenvalue weighted by atomic mass is 9.83. The van der Waals surface area contributed by atoms with E-state index < -0.39 is 0 Å². The Bertz CT molecular complexity index is 545. The van der Waals surface area contributed by atoms with Gasteiger partial charge in [0.05, 0.1) is 0 Å². The molecule has 4 rings (SSSR count). The average molecular weight is 236 g/mol. The third-order valence-corrected chi connectivity index (χ3v) is 4.93. The average Bonchev–Trinajstić information content (AvgIpc) is 2.70. The van der Waals surface area contributed by atoms with Crippen LogP contribution in [0.2, 0.25) is 0 Å². The van der Waals surface area contributed by atoms with Crippen molar-refractivity contribution in [3.63, 3.8) is 0 Å². The third kappa shape index (κ3) is 1.44. The Morgan fingerprint density at radius 1 is 1.00 bits per heavy atom. The maximum atomic E-state index is 2.39. The molecule has 0 spiro atoms. The van der Waals surface area contributed by atoms with E-state index in [4.69, 9.17) is 0 Å². The number of hydrogen-bond acceptors (Lipinski definition) is 0. The number of benzene rings is 1. The summed E-state index contributed by atoms with van der Waals surface area (Å²) < 4.78 is 0. The van der Waals surface area contributed by atoms with Crippen LogP contribution in [0.15, 0.2) is 35.9 Å². The van der Waals surface area contributed by atoms with Crippen LogP contribution in [0.5, 0.6) is 0 Å². The molecule has 0 nitrogen and oxygen atoms in total. The fourth-order valence-electron chi connectivity index (χ4n) is 4.17. The first-order valence-corrected chi connectivity index (χ1v) is 7.44. The molecule has 0 bridgehead atoms.